The van der Waals surface area contributed by atoms with E-state index in [2.05, 4.69) is 22.1 Å². The Morgan fingerprint density at radius 2 is 2.14 bits per heavy atom. The molecule has 28 heavy (non-hydrogen) atoms. The Kier molecular flexibility index (Phi) is 4.57. The van der Waals surface area contributed by atoms with E-state index in [1.165, 1.54) is 0 Å². The van der Waals surface area contributed by atoms with Gasteiger partial charge in [0.1, 0.15) is 12.3 Å². The first-order valence-corrected chi connectivity index (χ1v) is 10.8. The Bertz CT molecular complexity index is 919. The van der Waals surface area contributed by atoms with E-state index in [-0.39, 0.29) is 24.5 Å². The molecule has 148 valence electrons. The van der Waals surface area contributed by atoms with E-state index in [0.717, 1.165) is 41.7 Å². The number of ether oxygens (including phenoxy) is 1. The van der Waals surface area contributed by atoms with Crippen molar-refractivity contribution in [1.29, 1.82) is 0 Å². The van der Waals surface area contributed by atoms with E-state index in [4.69, 9.17) is 4.74 Å². The van der Waals surface area contributed by atoms with E-state index < -0.39 is 0 Å². The summed E-state index contributed by atoms with van der Waals surface area (Å²) < 4.78 is 6.21. The number of pyridine rings is 1. The summed E-state index contributed by atoms with van der Waals surface area (Å²) in [7, 11) is 0. The number of carbonyl (C=O) groups is 2. The third-order valence-corrected chi connectivity index (χ3v) is 7.35. The highest BCUT2D eigenvalue weighted by Gasteiger charge is 2.40. The van der Waals surface area contributed by atoms with Crippen LogP contribution in [-0.2, 0) is 9.53 Å². The fraction of sp³-hybridized carbons (Fsp3) is 0.550. The van der Waals surface area contributed by atoms with Gasteiger partial charge in [-0.25, -0.2) is 4.98 Å². The van der Waals surface area contributed by atoms with Crippen molar-refractivity contribution >= 4 is 38.9 Å². The van der Waals surface area contributed by atoms with Gasteiger partial charge >= 0.3 is 0 Å². The quantitative estimate of drug-likeness (QED) is 0.851. The van der Waals surface area contributed by atoms with Crippen molar-refractivity contribution in [3.8, 4) is 0 Å². The first kappa shape index (κ1) is 18.0. The second-order valence-electron chi connectivity index (χ2n) is 7.90. The Hall–Kier alpha value is -2.03. The van der Waals surface area contributed by atoms with Crippen LogP contribution < -0.4 is 10.2 Å². The molecule has 7 nitrogen and oxygen atoms in total. The van der Waals surface area contributed by atoms with E-state index in [1.807, 2.05) is 11.4 Å². The van der Waals surface area contributed by atoms with Crippen LogP contribution in [0.4, 0.5) is 5.69 Å². The highest BCUT2D eigenvalue weighted by atomic mass is 32.1. The van der Waals surface area contributed by atoms with Crippen LogP contribution in [0, 0.1) is 5.92 Å². The molecule has 6 heterocycles. The summed E-state index contributed by atoms with van der Waals surface area (Å²) in [5, 5.41) is 6.11. The molecule has 0 aromatic carbocycles. The minimum atomic E-state index is -0.127. The lowest BCUT2D eigenvalue weighted by atomic mass is 9.79. The molecular weight excluding hydrogens is 376 g/mol. The Balaban J connectivity index is 1.40. The number of aromatic nitrogens is 1. The number of piperidine rings is 3. The zero-order valence-electron chi connectivity index (χ0n) is 15.9. The zero-order valence-corrected chi connectivity index (χ0v) is 16.7. The van der Waals surface area contributed by atoms with Crippen molar-refractivity contribution in [3.63, 3.8) is 0 Å². The van der Waals surface area contributed by atoms with Crippen molar-refractivity contribution < 1.29 is 14.3 Å². The standard InChI is InChI=1S/C20H24N4O3S/c1-12-19(13-2-4-23(12)5-3-13)22-20(26)15-8-14-16(11-28-17(14)9-21-15)24-6-7-27-10-18(24)25/h8-9,11-13,19H,2-7,10H2,1H3,(H,22,26)/t12-,19-/m0/s1. The summed E-state index contributed by atoms with van der Waals surface area (Å²) >= 11 is 1.54. The fourth-order valence-corrected chi connectivity index (χ4v) is 5.69. The molecule has 4 aliphatic rings. The molecule has 0 unspecified atom stereocenters. The maximum Gasteiger partial charge on any atom is 0.270 e. The average Bonchev–Trinajstić information content (AvgIpc) is 3.14. The summed E-state index contributed by atoms with van der Waals surface area (Å²) in [5.41, 5.74) is 1.26. The minimum absolute atomic E-state index is 0.0464. The molecule has 0 radical (unpaired) electrons. The molecule has 1 N–H and O–H groups in total. The number of hydrogen-bond donors (Lipinski definition) is 1. The molecule has 4 saturated heterocycles. The highest BCUT2D eigenvalue weighted by molar-refractivity contribution is 7.17. The van der Waals surface area contributed by atoms with E-state index in [0.29, 0.717) is 30.8 Å². The molecular formula is C20H24N4O3S. The van der Waals surface area contributed by atoms with Crippen molar-refractivity contribution in [2.75, 3.05) is 37.7 Å². The molecule has 0 spiro atoms. The molecule has 4 aliphatic heterocycles. The molecule has 2 aromatic rings. The van der Waals surface area contributed by atoms with Gasteiger partial charge in [-0.3, -0.25) is 14.5 Å². The van der Waals surface area contributed by atoms with E-state index >= 15 is 0 Å². The SMILES string of the molecule is C[C@H]1[C@H](NC(=O)c2cc3c(N4CCOCC4=O)csc3cn2)C2CCN1CC2. The molecule has 4 fully saturated rings. The van der Waals surface area contributed by atoms with Gasteiger partial charge in [0.2, 0.25) is 0 Å². The fourth-order valence-electron chi connectivity index (χ4n) is 4.80. The molecule has 6 rings (SSSR count). The normalized spacial score (nSPS) is 30.0. The first-order chi connectivity index (χ1) is 13.6. The van der Waals surface area contributed by atoms with Crippen molar-refractivity contribution in [2.24, 2.45) is 5.92 Å². The van der Waals surface area contributed by atoms with Gasteiger partial charge in [0.05, 0.1) is 17.0 Å². The van der Waals surface area contributed by atoms with E-state index in [1.54, 1.807) is 22.4 Å². The number of hydrogen-bond acceptors (Lipinski definition) is 6. The lowest BCUT2D eigenvalue weighted by Gasteiger charge is -2.49. The number of nitrogens with one attached hydrogen (secondary N) is 1. The van der Waals surface area contributed by atoms with Crippen LogP contribution in [0.1, 0.15) is 30.3 Å². The summed E-state index contributed by atoms with van der Waals surface area (Å²) in [6, 6.07) is 2.36. The number of morpholine rings is 1. The van der Waals surface area contributed by atoms with Crippen LogP contribution in [0.25, 0.3) is 10.1 Å². The Labute approximate surface area is 167 Å². The average molecular weight is 401 g/mol. The molecule has 8 heteroatoms. The third-order valence-electron chi connectivity index (χ3n) is 6.43. The maximum absolute atomic E-state index is 13.0. The first-order valence-electron chi connectivity index (χ1n) is 9.92. The van der Waals surface area contributed by atoms with Crippen LogP contribution in [0.3, 0.4) is 0 Å². The predicted molar refractivity (Wildman–Crippen MR) is 108 cm³/mol. The predicted octanol–water partition coefficient (Wildman–Crippen LogP) is 1.87. The number of carbonyl (C=O) groups excluding carboxylic acids is 2. The maximum atomic E-state index is 13.0. The summed E-state index contributed by atoms with van der Waals surface area (Å²) in [4.78, 5) is 33.8. The molecule has 2 aromatic heterocycles. The van der Waals surface area contributed by atoms with Crippen LogP contribution in [-0.4, -0.2) is 66.6 Å². The smallest absolute Gasteiger partial charge is 0.270 e. The largest absolute Gasteiger partial charge is 0.370 e. The number of fused-ring (bicyclic) bond motifs is 4. The van der Waals surface area contributed by atoms with Gasteiger partial charge < -0.3 is 15.0 Å². The lowest BCUT2D eigenvalue weighted by molar-refractivity contribution is -0.125. The summed E-state index contributed by atoms with van der Waals surface area (Å²) in [6.45, 7) is 5.63. The molecule has 0 aliphatic carbocycles. The highest BCUT2D eigenvalue weighted by Crippen LogP contribution is 2.35. The van der Waals surface area contributed by atoms with Gasteiger partial charge in [0.25, 0.3) is 11.8 Å². The minimum Gasteiger partial charge on any atom is -0.370 e. The monoisotopic (exact) mass is 400 g/mol. The number of anilines is 1. The van der Waals surface area contributed by atoms with Crippen LogP contribution in [0.15, 0.2) is 17.6 Å². The van der Waals surface area contributed by atoms with Crippen molar-refractivity contribution in [2.45, 2.75) is 31.8 Å². The molecule has 2 amide bonds. The number of amides is 2. The molecule has 2 bridgehead atoms. The van der Waals surface area contributed by atoms with Gasteiger partial charge in [-0.15, -0.1) is 11.3 Å². The molecule has 0 saturated carbocycles. The van der Waals surface area contributed by atoms with E-state index in [9.17, 15) is 9.59 Å². The van der Waals surface area contributed by atoms with Crippen LogP contribution in [0.5, 0.6) is 0 Å². The summed E-state index contributed by atoms with van der Waals surface area (Å²) in [6.07, 6.45) is 4.04. The number of thiophene rings is 1. The van der Waals surface area contributed by atoms with Gasteiger partial charge in [0, 0.05) is 35.6 Å². The van der Waals surface area contributed by atoms with Crippen LogP contribution in [0.2, 0.25) is 0 Å². The topological polar surface area (TPSA) is 74.8 Å². The number of rotatable bonds is 3. The van der Waals surface area contributed by atoms with Crippen molar-refractivity contribution in [3.05, 3.63) is 23.3 Å². The van der Waals surface area contributed by atoms with Crippen LogP contribution >= 0.6 is 11.3 Å². The Morgan fingerprint density at radius 3 is 2.89 bits per heavy atom. The van der Waals surface area contributed by atoms with Crippen molar-refractivity contribution in [1.82, 2.24) is 15.2 Å². The Morgan fingerprint density at radius 1 is 1.32 bits per heavy atom. The second kappa shape index (κ2) is 7.09. The second-order valence-corrected chi connectivity index (χ2v) is 8.81. The summed E-state index contributed by atoms with van der Waals surface area (Å²) in [5.74, 6) is 0.378. The van der Waals surface area contributed by atoms with Gasteiger partial charge in [0.15, 0.2) is 0 Å². The lowest BCUT2D eigenvalue weighted by Crippen LogP contribution is -2.62. The third kappa shape index (κ3) is 3.00. The van der Waals surface area contributed by atoms with Gasteiger partial charge in [-0.2, -0.15) is 0 Å². The van der Waals surface area contributed by atoms with Gasteiger partial charge in [-0.1, -0.05) is 0 Å². The molecule has 2 atom stereocenters. The number of nitrogens with zero attached hydrogens (tertiary/aromatic N) is 3. The van der Waals surface area contributed by atoms with Gasteiger partial charge in [-0.05, 0) is 44.8 Å². The zero-order chi connectivity index (χ0) is 19.3.